The molecule has 40 heavy (non-hydrogen) atoms. The van der Waals surface area contributed by atoms with Crippen LogP contribution in [0.1, 0.15) is 226 Å². The fourth-order valence-corrected chi connectivity index (χ4v) is 6.07. The Balaban J connectivity index is 3.58. The van der Waals surface area contributed by atoms with Gasteiger partial charge in [0.05, 0.1) is 0 Å². The fourth-order valence-electron chi connectivity index (χ4n) is 6.07. The molecule has 0 amide bonds. The molecule has 0 radical (unpaired) electrons. The Kier molecular flexibility index (Phi) is 32.1. The molecule has 0 aliphatic rings. The molecule has 0 saturated carbocycles. The average molecular weight is 563 g/mol. The second-order valence-electron chi connectivity index (χ2n) is 12.9. The van der Waals surface area contributed by atoms with Crippen LogP contribution >= 0.6 is 0 Å². The highest BCUT2D eigenvalue weighted by Gasteiger charge is 2.09. The summed E-state index contributed by atoms with van der Waals surface area (Å²) in [4.78, 5) is 11.6. The van der Waals surface area contributed by atoms with Gasteiger partial charge < -0.3 is 5.11 Å². The van der Waals surface area contributed by atoms with E-state index < -0.39 is 5.97 Å². The zero-order valence-electron chi connectivity index (χ0n) is 28.0. The standard InChI is InChI=1S/C38H74O2/c1-4-6-8-10-12-14-16-17-18-19-20-21-22-23-24-25-27-29-31-33-35-37(36(3)38(39)40)34-32-30-28-26-15-13-11-9-7-5-2/h4-35H2,1-3H3,(H,39,40)/b37-36+. The number of carboxylic acid groups (broad SMARTS) is 1. The van der Waals surface area contributed by atoms with Gasteiger partial charge in [-0.3, -0.25) is 0 Å². The molecular weight excluding hydrogens is 488 g/mol. The minimum absolute atomic E-state index is 0.619. The molecule has 0 bridgehead atoms. The van der Waals surface area contributed by atoms with Crippen molar-refractivity contribution in [1.82, 2.24) is 0 Å². The largest absolute Gasteiger partial charge is 0.478 e. The maximum atomic E-state index is 11.6. The lowest BCUT2D eigenvalue weighted by Crippen LogP contribution is -2.02. The molecule has 0 rings (SSSR count). The van der Waals surface area contributed by atoms with Crippen LogP contribution in [0.25, 0.3) is 0 Å². The third kappa shape index (κ3) is 28.7. The van der Waals surface area contributed by atoms with E-state index in [1.54, 1.807) is 0 Å². The van der Waals surface area contributed by atoms with Crippen LogP contribution in [0, 0.1) is 0 Å². The molecule has 0 atom stereocenters. The maximum absolute atomic E-state index is 11.6. The van der Waals surface area contributed by atoms with E-state index in [0.717, 1.165) is 25.7 Å². The number of aliphatic carboxylic acids is 1. The lowest BCUT2D eigenvalue weighted by Gasteiger charge is -2.11. The van der Waals surface area contributed by atoms with Crippen molar-refractivity contribution in [2.45, 2.75) is 226 Å². The van der Waals surface area contributed by atoms with Crippen molar-refractivity contribution in [3.63, 3.8) is 0 Å². The van der Waals surface area contributed by atoms with E-state index in [4.69, 9.17) is 0 Å². The van der Waals surface area contributed by atoms with Crippen LogP contribution in [0.15, 0.2) is 11.1 Å². The van der Waals surface area contributed by atoms with Gasteiger partial charge in [-0.05, 0) is 32.6 Å². The number of hydrogen-bond acceptors (Lipinski definition) is 1. The van der Waals surface area contributed by atoms with Crippen molar-refractivity contribution in [2.24, 2.45) is 0 Å². The summed E-state index contributed by atoms with van der Waals surface area (Å²) in [6, 6.07) is 0. The number of carboxylic acids is 1. The van der Waals surface area contributed by atoms with Gasteiger partial charge in [0, 0.05) is 5.57 Å². The molecule has 0 spiro atoms. The van der Waals surface area contributed by atoms with Crippen LogP contribution < -0.4 is 0 Å². The Morgan fingerprint density at radius 1 is 0.375 bits per heavy atom. The SMILES string of the molecule is CCCCCCCCCCCCCCCCCCCCCC/C(CCCCCCCCCCCC)=C(\C)C(=O)O. The van der Waals surface area contributed by atoms with Crippen molar-refractivity contribution in [3.8, 4) is 0 Å². The van der Waals surface area contributed by atoms with Crippen LogP contribution in [0.4, 0.5) is 0 Å². The number of rotatable bonds is 33. The van der Waals surface area contributed by atoms with Gasteiger partial charge in [0.15, 0.2) is 0 Å². The first-order valence-electron chi connectivity index (χ1n) is 18.5. The molecule has 0 fully saturated rings. The number of carbonyl (C=O) groups is 1. The van der Waals surface area contributed by atoms with Crippen molar-refractivity contribution in [1.29, 1.82) is 0 Å². The van der Waals surface area contributed by atoms with Crippen molar-refractivity contribution >= 4 is 5.97 Å². The highest BCUT2D eigenvalue weighted by Crippen LogP contribution is 2.22. The molecule has 0 aromatic heterocycles. The van der Waals surface area contributed by atoms with E-state index in [1.807, 2.05) is 6.92 Å². The van der Waals surface area contributed by atoms with Gasteiger partial charge in [-0.15, -0.1) is 0 Å². The van der Waals surface area contributed by atoms with Crippen LogP contribution in [0.5, 0.6) is 0 Å². The molecule has 0 aromatic carbocycles. The summed E-state index contributed by atoms with van der Waals surface area (Å²) in [6.07, 6.45) is 43.4. The highest BCUT2D eigenvalue weighted by molar-refractivity contribution is 5.86. The topological polar surface area (TPSA) is 37.3 Å². The molecule has 2 heteroatoms. The maximum Gasteiger partial charge on any atom is 0.331 e. The Morgan fingerprint density at radius 3 is 0.775 bits per heavy atom. The van der Waals surface area contributed by atoms with Crippen molar-refractivity contribution in [3.05, 3.63) is 11.1 Å². The predicted octanol–water partition coefficient (Wildman–Crippen LogP) is 13.9. The lowest BCUT2D eigenvalue weighted by atomic mass is 9.95. The predicted molar refractivity (Wildman–Crippen MR) is 179 cm³/mol. The summed E-state index contributed by atoms with van der Waals surface area (Å²) < 4.78 is 0. The summed E-state index contributed by atoms with van der Waals surface area (Å²) in [5.41, 5.74) is 1.84. The van der Waals surface area contributed by atoms with Crippen LogP contribution in [0.3, 0.4) is 0 Å². The summed E-state index contributed by atoms with van der Waals surface area (Å²) in [6.45, 7) is 6.39. The van der Waals surface area contributed by atoms with Gasteiger partial charge in [-0.25, -0.2) is 4.79 Å². The van der Waals surface area contributed by atoms with Gasteiger partial charge >= 0.3 is 5.97 Å². The number of hydrogen-bond donors (Lipinski definition) is 1. The summed E-state index contributed by atoms with van der Waals surface area (Å²) in [5, 5.41) is 9.52. The zero-order valence-corrected chi connectivity index (χ0v) is 28.0. The Morgan fingerprint density at radius 2 is 0.575 bits per heavy atom. The van der Waals surface area contributed by atoms with Crippen molar-refractivity contribution in [2.75, 3.05) is 0 Å². The first-order chi connectivity index (χ1) is 19.6. The molecule has 238 valence electrons. The zero-order chi connectivity index (χ0) is 29.4. The number of allylic oxidation sites excluding steroid dienone is 1. The third-order valence-corrected chi connectivity index (χ3v) is 9.02. The summed E-state index contributed by atoms with van der Waals surface area (Å²) in [5.74, 6) is -0.713. The molecule has 0 aromatic rings. The Labute approximate surface area is 253 Å². The second kappa shape index (κ2) is 32.7. The quantitative estimate of drug-likeness (QED) is 0.0638. The molecule has 0 saturated heterocycles. The van der Waals surface area contributed by atoms with Crippen molar-refractivity contribution < 1.29 is 9.90 Å². The Bertz CT molecular complexity index is 550. The molecule has 1 N–H and O–H groups in total. The van der Waals surface area contributed by atoms with Gasteiger partial charge in [0.25, 0.3) is 0 Å². The van der Waals surface area contributed by atoms with E-state index >= 15 is 0 Å². The molecule has 0 aliphatic carbocycles. The van der Waals surface area contributed by atoms with Gasteiger partial charge in [-0.1, -0.05) is 199 Å². The number of unbranched alkanes of at least 4 members (excludes halogenated alkanes) is 28. The lowest BCUT2D eigenvalue weighted by molar-refractivity contribution is -0.132. The average Bonchev–Trinajstić information content (AvgIpc) is 2.95. The highest BCUT2D eigenvalue weighted by atomic mass is 16.4. The second-order valence-corrected chi connectivity index (χ2v) is 12.9. The van der Waals surface area contributed by atoms with E-state index in [1.165, 1.54) is 185 Å². The monoisotopic (exact) mass is 563 g/mol. The first-order valence-corrected chi connectivity index (χ1v) is 18.5. The molecular formula is C38H74O2. The minimum Gasteiger partial charge on any atom is -0.478 e. The molecule has 0 unspecified atom stereocenters. The third-order valence-electron chi connectivity index (χ3n) is 9.02. The van der Waals surface area contributed by atoms with E-state index in [0.29, 0.717) is 5.57 Å². The van der Waals surface area contributed by atoms with Crippen LogP contribution in [-0.4, -0.2) is 11.1 Å². The normalized spacial score (nSPS) is 12.2. The molecule has 2 nitrogen and oxygen atoms in total. The fraction of sp³-hybridized carbons (Fsp3) is 0.921. The smallest absolute Gasteiger partial charge is 0.331 e. The van der Waals surface area contributed by atoms with E-state index in [-0.39, 0.29) is 0 Å². The first kappa shape index (κ1) is 39.2. The van der Waals surface area contributed by atoms with E-state index in [2.05, 4.69) is 13.8 Å². The minimum atomic E-state index is -0.713. The van der Waals surface area contributed by atoms with Crippen LogP contribution in [0.2, 0.25) is 0 Å². The molecule has 0 heterocycles. The van der Waals surface area contributed by atoms with Gasteiger partial charge in [-0.2, -0.15) is 0 Å². The summed E-state index contributed by atoms with van der Waals surface area (Å²) >= 11 is 0. The summed E-state index contributed by atoms with van der Waals surface area (Å²) in [7, 11) is 0. The van der Waals surface area contributed by atoms with Gasteiger partial charge in [0.2, 0.25) is 0 Å². The van der Waals surface area contributed by atoms with Crippen LogP contribution in [-0.2, 0) is 4.79 Å². The molecule has 0 aliphatic heterocycles. The Hall–Kier alpha value is -0.790. The van der Waals surface area contributed by atoms with Gasteiger partial charge in [0.1, 0.15) is 0 Å². The van der Waals surface area contributed by atoms with E-state index in [9.17, 15) is 9.90 Å².